The van der Waals surface area contributed by atoms with Crippen molar-refractivity contribution in [1.82, 2.24) is 14.7 Å². The fourth-order valence-electron chi connectivity index (χ4n) is 2.71. The molecule has 0 unspecified atom stereocenters. The maximum Gasteiger partial charge on any atom is 0.322 e. The quantitative estimate of drug-likeness (QED) is 0.851. The van der Waals surface area contributed by atoms with Crippen LogP contribution in [0.15, 0.2) is 35.2 Å². The molecule has 3 N–H and O–H groups in total. The van der Waals surface area contributed by atoms with Crippen LogP contribution in [0.2, 0.25) is 0 Å². The Balaban J connectivity index is 1.70. The summed E-state index contributed by atoms with van der Waals surface area (Å²) >= 11 is 0. The SMILES string of the molecule is Cc1cc2n(n1)CCCN(C(=O)Nc1ccc(S(N)(=O)=O)cc1)C2. The molecule has 1 aromatic carbocycles. The average molecular weight is 349 g/mol. The number of urea groups is 1. The summed E-state index contributed by atoms with van der Waals surface area (Å²) in [6.07, 6.45) is 0.825. The van der Waals surface area contributed by atoms with E-state index >= 15 is 0 Å². The van der Waals surface area contributed by atoms with Crippen LogP contribution in [0.4, 0.5) is 10.5 Å². The molecule has 0 saturated carbocycles. The van der Waals surface area contributed by atoms with Gasteiger partial charge in [0.25, 0.3) is 0 Å². The summed E-state index contributed by atoms with van der Waals surface area (Å²) in [5.74, 6) is 0. The predicted octanol–water partition coefficient (Wildman–Crippen LogP) is 1.28. The molecular formula is C15H19N5O3S. The third-order valence-electron chi connectivity index (χ3n) is 3.86. The zero-order valence-corrected chi connectivity index (χ0v) is 14.1. The van der Waals surface area contributed by atoms with E-state index in [0.29, 0.717) is 18.8 Å². The molecule has 2 heterocycles. The van der Waals surface area contributed by atoms with Gasteiger partial charge in [0.15, 0.2) is 0 Å². The van der Waals surface area contributed by atoms with E-state index in [0.717, 1.165) is 24.4 Å². The van der Waals surface area contributed by atoms with E-state index in [1.54, 1.807) is 4.90 Å². The van der Waals surface area contributed by atoms with Crippen LogP contribution in [0.1, 0.15) is 17.8 Å². The fourth-order valence-corrected chi connectivity index (χ4v) is 3.23. The summed E-state index contributed by atoms with van der Waals surface area (Å²) in [6, 6.07) is 7.52. The number of primary sulfonamides is 1. The van der Waals surface area contributed by atoms with Crippen molar-refractivity contribution in [3.63, 3.8) is 0 Å². The van der Waals surface area contributed by atoms with Crippen LogP contribution in [0.3, 0.4) is 0 Å². The van der Waals surface area contributed by atoms with Crippen molar-refractivity contribution in [2.45, 2.75) is 31.3 Å². The first-order chi connectivity index (χ1) is 11.3. The number of anilines is 1. The summed E-state index contributed by atoms with van der Waals surface area (Å²) in [4.78, 5) is 14.2. The Bertz CT molecular complexity index is 858. The number of nitrogens with zero attached hydrogens (tertiary/aromatic N) is 3. The highest BCUT2D eigenvalue weighted by Gasteiger charge is 2.20. The van der Waals surface area contributed by atoms with Gasteiger partial charge in [-0.1, -0.05) is 0 Å². The number of aromatic nitrogens is 2. The van der Waals surface area contributed by atoms with Crippen LogP contribution in [-0.4, -0.2) is 35.7 Å². The Morgan fingerprint density at radius 3 is 2.62 bits per heavy atom. The van der Waals surface area contributed by atoms with Crippen LogP contribution >= 0.6 is 0 Å². The lowest BCUT2D eigenvalue weighted by Gasteiger charge is -2.20. The summed E-state index contributed by atoms with van der Waals surface area (Å²) < 4.78 is 24.4. The van der Waals surface area contributed by atoms with Crippen molar-refractivity contribution >= 4 is 21.7 Å². The van der Waals surface area contributed by atoms with Gasteiger partial charge < -0.3 is 10.2 Å². The van der Waals surface area contributed by atoms with E-state index in [-0.39, 0.29) is 10.9 Å². The number of carbonyl (C=O) groups is 1. The van der Waals surface area contributed by atoms with E-state index in [4.69, 9.17) is 5.14 Å². The van der Waals surface area contributed by atoms with Crippen molar-refractivity contribution < 1.29 is 13.2 Å². The number of benzene rings is 1. The van der Waals surface area contributed by atoms with Gasteiger partial charge in [0.05, 0.1) is 22.8 Å². The van der Waals surface area contributed by atoms with Crippen LogP contribution in [0, 0.1) is 6.92 Å². The highest BCUT2D eigenvalue weighted by Crippen LogP contribution is 2.17. The van der Waals surface area contributed by atoms with E-state index in [2.05, 4.69) is 10.4 Å². The Hall–Kier alpha value is -2.39. The first-order valence-electron chi connectivity index (χ1n) is 7.55. The van der Waals surface area contributed by atoms with Crippen molar-refractivity contribution in [1.29, 1.82) is 0 Å². The smallest absolute Gasteiger partial charge is 0.319 e. The molecule has 3 rings (SSSR count). The second kappa shape index (κ2) is 6.25. The summed E-state index contributed by atoms with van der Waals surface area (Å²) in [7, 11) is -3.74. The minimum absolute atomic E-state index is 0.00893. The van der Waals surface area contributed by atoms with Gasteiger partial charge in [-0.25, -0.2) is 18.4 Å². The second-order valence-corrected chi connectivity index (χ2v) is 7.34. The number of aryl methyl sites for hydroxylation is 2. The first kappa shape index (κ1) is 16.5. The molecule has 9 heteroatoms. The number of carbonyl (C=O) groups excluding carboxylic acids is 1. The predicted molar refractivity (Wildman–Crippen MR) is 88.8 cm³/mol. The number of sulfonamides is 1. The summed E-state index contributed by atoms with van der Waals surface area (Å²) in [5.41, 5.74) is 2.46. The maximum atomic E-state index is 12.5. The Morgan fingerprint density at radius 1 is 1.25 bits per heavy atom. The van der Waals surface area contributed by atoms with Crippen molar-refractivity contribution in [2.24, 2.45) is 5.14 Å². The molecule has 1 aliphatic heterocycles. The largest absolute Gasteiger partial charge is 0.322 e. The summed E-state index contributed by atoms with van der Waals surface area (Å²) in [5, 5.41) is 12.2. The molecule has 0 fully saturated rings. The van der Waals surface area contributed by atoms with E-state index in [1.165, 1.54) is 24.3 Å². The Labute approximate surface area is 140 Å². The van der Waals surface area contributed by atoms with Crippen LogP contribution < -0.4 is 10.5 Å². The molecular weight excluding hydrogens is 330 g/mol. The minimum atomic E-state index is -3.74. The van der Waals surface area contributed by atoms with E-state index in [9.17, 15) is 13.2 Å². The highest BCUT2D eigenvalue weighted by atomic mass is 32.2. The number of amides is 2. The van der Waals surface area contributed by atoms with E-state index in [1.807, 2.05) is 17.7 Å². The number of hydrogen-bond acceptors (Lipinski definition) is 4. The molecule has 2 amide bonds. The van der Waals surface area contributed by atoms with E-state index < -0.39 is 10.0 Å². The normalized spacial score (nSPS) is 14.8. The first-order valence-corrected chi connectivity index (χ1v) is 9.10. The number of nitrogens with one attached hydrogen (secondary N) is 1. The molecule has 8 nitrogen and oxygen atoms in total. The number of rotatable bonds is 2. The van der Waals surface area contributed by atoms with Crippen LogP contribution in [0.5, 0.6) is 0 Å². The lowest BCUT2D eigenvalue weighted by atomic mass is 10.3. The Morgan fingerprint density at radius 2 is 1.96 bits per heavy atom. The highest BCUT2D eigenvalue weighted by molar-refractivity contribution is 7.89. The number of hydrogen-bond donors (Lipinski definition) is 2. The molecule has 0 radical (unpaired) electrons. The average Bonchev–Trinajstić information content (AvgIpc) is 2.73. The third kappa shape index (κ3) is 3.57. The maximum absolute atomic E-state index is 12.5. The molecule has 2 aromatic rings. The molecule has 0 atom stereocenters. The molecule has 0 aliphatic carbocycles. The second-order valence-electron chi connectivity index (χ2n) is 5.77. The summed E-state index contributed by atoms with van der Waals surface area (Å²) in [6.45, 7) is 3.83. The van der Waals surface area contributed by atoms with Gasteiger partial charge in [0, 0.05) is 18.8 Å². The van der Waals surface area contributed by atoms with Crippen LogP contribution in [0.25, 0.3) is 0 Å². The van der Waals surface area contributed by atoms with Crippen molar-refractivity contribution in [3.8, 4) is 0 Å². The van der Waals surface area contributed by atoms with Gasteiger partial charge in [-0.05, 0) is 43.7 Å². The van der Waals surface area contributed by atoms with Crippen LogP contribution in [-0.2, 0) is 23.1 Å². The molecule has 1 aliphatic rings. The number of fused-ring (bicyclic) bond motifs is 1. The van der Waals surface area contributed by atoms with Crippen molar-refractivity contribution in [3.05, 3.63) is 41.7 Å². The van der Waals surface area contributed by atoms with Crippen molar-refractivity contribution in [2.75, 3.05) is 11.9 Å². The minimum Gasteiger partial charge on any atom is -0.319 e. The van der Waals surface area contributed by atoms with Gasteiger partial charge >= 0.3 is 6.03 Å². The lowest BCUT2D eigenvalue weighted by molar-refractivity contribution is 0.210. The lowest BCUT2D eigenvalue weighted by Crippen LogP contribution is -2.34. The zero-order chi connectivity index (χ0) is 17.3. The third-order valence-corrected chi connectivity index (χ3v) is 4.79. The molecule has 128 valence electrons. The monoisotopic (exact) mass is 349 g/mol. The topological polar surface area (TPSA) is 110 Å². The Kier molecular flexibility index (Phi) is 4.29. The fraction of sp³-hybridized carbons (Fsp3) is 0.333. The van der Waals surface area contributed by atoms with Gasteiger partial charge in [0.2, 0.25) is 10.0 Å². The molecule has 24 heavy (non-hydrogen) atoms. The molecule has 0 spiro atoms. The molecule has 0 bridgehead atoms. The standard InChI is InChI=1S/C15H19N5O3S/c1-11-9-13-10-19(7-2-8-20(13)18-11)15(21)17-12-3-5-14(6-4-12)24(16,22)23/h3-6,9H,2,7-8,10H2,1H3,(H,17,21)(H2,16,22,23). The van der Waals surface area contributed by atoms with Gasteiger partial charge in [-0.2, -0.15) is 5.10 Å². The van der Waals surface area contributed by atoms with Gasteiger partial charge in [0.1, 0.15) is 0 Å². The zero-order valence-electron chi connectivity index (χ0n) is 13.3. The molecule has 0 saturated heterocycles. The number of nitrogens with two attached hydrogens (primary N) is 1. The van der Waals surface area contributed by atoms with Gasteiger partial charge in [-0.15, -0.1) is 0 Å². The molecule has 1 aromatic heterocycles. The van der Waals surface area contributed by atoms with Gasteiger partial charge in [-0.3, -0.25) is 4.68 Å².